The van der Waals surface area contributed by atoms with Crippen LogP contribution in [0, 0.1) is 20.8 Å². The second-order valence-corrected chi connectivity index (χ2v) is 9.09. The van der Waals surface area contributed by atoms with Crippen LogP contribution in [0.25, 0.3) is 0 Å². The molecule has 0 bridgehead atoms. The summed E-state index contributed by atoms with van der Waals surface area (Å²) in [5.74, 6) is -12.9. The summed E-state index contributed by atoms with van der Waals surface area (Å²) < 4.78 is 146. The van der Waals surface area contributed by atoms with E-state index in [1.165, 1.54) is 39.0 Å². The van der Waals surface area contributed by atoms with E-state index < -0.39 is 60.9 Å². The van der Waals surface area contributed by atoms with Gasteiger partial charge in [0.1, 0.15) is 0 Å². The quantitative estimate of drug-likeness (QED) is 0.160. The Labute approximate surface area is 225 Å². The van der Waals surface area contributed by atoms with Gasteiger partial charge in [-0.15, -0.1) is 0 Å². The zero-order chi connectivity index (χ0) is 29.9. The molecule has 0 radical (unpaired) electrons. The zero-order valence-electron chi connectivity index (χ0n) is 21.4. The van der Waals surface area contributed by atoms with Gasteiger partial charge in [-0.1, -0.05) is 89.5 Å². The van der Waals surface area contributed by atoms with E-state index in [9.17, 15) is 26.3 Å². The SMILES string of the molecule is Cc1cccc(C(F)(OB(OC(F)(c2cccc(C)c2)C(F)F)OC(F)(c2cccc(C)c2)C(F)F)C(F)F)c1. The minimum absolute atomic E-state index is 0.238. The third kappa shape index (κ3) is 6.64. The van der Waals surface area contributed by atoms with Crippen molar-refractivity contribution >= 4 is 7.32 Å². The van der Waals surface area contributed by atoms with Crippen LogP contribution in [-0.4, -0.2) is 26.6 Å². The van der Waals surface area contributed by atoms with Gasteiger partial charge in [0.15, 0.2) is 0 Å². The van der Waals surface area contributed by atoms with Gasteiger partial charge in [-0.3, -0.25) is 0 Å². The standard InChI is InChI=1S/C27H24BF9O3/c1-16-7-4-10-19(13-16)25(35,22(29)30)38-28(39-26(36,23(31)32)20-11-5-8-17(2)14-20)40-27(37,24(33)34)21-12-6-9-18(3)15-21/h4-15,22-24H,1-3H3. The van der Waals surface area contributed by atoms with Gasteiger partial charge in [0.2, 0.25) is 0 Å². The van der Waals surface area contributed by atoms with E-state index in [-0.39, 0.29) is 16.7 Å². The molecule has 0 aliphatic rings. The Morgan fingerprint density at radius 1 is 0.500 bits per heavy atom. The van der Waals surface area contributed by atoms with Crippen molar-refractivity contribution < 1.29 is 53.5 Å². The summed E-state index contributed by atoms with van der Waals surface area (Å²) in [6.07, 6.45) is -12.4. The lowest BCUT2D eigenvalue weighted by atomic mass is 9.99. The average molecular weight is 578 g/mol. The predicted octanol–water partition coefficient (Wildman–Crippen LogP) is 8.21. The fourth-order valence-corrected chi connectivity index (χ4v) is 3.80. The van der Waals surface area contributed by atoms with Crippen LogP contribution in [0.15, 0.2) is 72.8 Å². The maximum Gasteiger partial charge on any atom is 0.647 e. The van der Waals surface area contributed by atoms with Crippen molar-refractivity contribution in [3.8, 4) is 0 Å². The highest BCUT2D eigenvalue weighted by Gasteiger charge is 2.58. The molecule has 3 aromatic carbocycles. The van der Waals surface area contributed by atoms with Crippen LogP contribution in [0.2, 0.25) is 0 Å². The Bertz CT molecular complexity index is 1140. The van der Waals surface area contributed by atoms with Crippen LogP contribution in [0.4, 0.5) is 39.5 Å². The van der Waals surface area contributed by atoms with Crippen molar-refractivity contribution in [2.24, 2.45) is 0 Å². The monoisotopic (exact) mass is 578 g/mol. The lowest BCUT2D eigenvalue weighted by Gasteiger charge is -2.35. The van der Waals surface area contributed by atoms with E-state index in [0.717, 1.165) is 54.6 Å². The zero-order valence-corrected chi connectivity index (χ0v) is 21.4. The van der Waals surface area contributed by atoms with Crippen molar-refractivity contribution in [2.75, 3.05) is 0 Å². The van der Waals surface area contributed by atoms with E-state index in [0.29, 0.717) is 0 Å². The molecule has 0 aliphatic heterocycles. The molecular formula is C27H24BF9O3. The maximum absolute atomic E-state index is 15.8. The summed E-state index contributed by atoms with van der Waals surface area (Å²) in [6.45, 7) is 4.17. The maximum atomic E-state index is 15.8. The molecule has 0 heterocycles. The van der Waals surface area contributed by atoms with Crippen molar-refractivity contribution in [3.05, 3.63) is 106 Å². The van der Waals surface area contributed by atoms with Crippen molar-refractivity contribution in [3.63, 3.8) is 0 Å². The first-order valence-electron chi connectivity index (χ1n) is 11.8. The first-order chi connectivity index (χ1) is 18.6. The molecule has 0 saturated carbocycles. The van der Waals surface area contributed by atoms with E-state index in [1.54, 1.807) is 0 Å². The summed E-state index contributed by atoms with van der Waals surface area (Å²) in [5.41, 5.74) is -2.05. The fourth-order valence-electron chi connectivity index (χ4n) is 3.80. The molecule has 0 N–H and O–H groups in total. The largest absolute Gasteiger partial charge is 0.647 e. The van der Waals surface area contributed by atoms with Crippen LogP contribution in [0.3, 0.4) is 0 Å². The second kappa shape index (κ2) is 12.2. The lowest BCUT2D eigenvalue weighted by molar-refractivity contribution is -0.265. The Morgan fingerprint density at radius 2 is 0.750 bits per heavy atom. The molecule has 3 atom stereocenters. The first kappa shape index (κ1) is 31.5. The minimum atomic E-state index is -4.30. The van der Waals surface area contributed by atoms with Gasteiger partial charge >= 0.3 is 7.32 Å². The van der Waals surface area contributed by atoms with Crippen LogP contribution >= 0.6 is 0 Å². The molecular weight excluding hydrogens is 554 g/mol. The summed E-state index contributed by atoms with van der Waals surface area (Å²) in [5, 5.41) is 0. The normalized spacial score (nSPS) is 16.6. The first-order valence-corrected chi connectivity index (χ1v) is 11.8. The molecule has 0 aliphatic carbocycles. The van der Waals surface area contributed by atoms with Crippen molar-refractivity contribution in [1.29, 1.82) is 0 Å². The van der Waals surface area contributed by atoms with Gasteiger partial charge in [0.25, 0.3) is 36.8 Å². The molecule has 40 heavy (non-hydrogen) atoms. The Hall–Kier alpha value is -3.03. The highest BCUT2D eigenvalue weighted by Crippen LogP contribution is 2.43. The van der Waals surface area contributed by atoms with Crippen molar-refractivity contribution in [1.82, 2.24) is 0 Å². The number of alkyl halides is 9. The van der Waals surface area contributed by atoms with Crippen LogP contribution in [-0.2, 0) is 31.5 Å². The molecule has 0 amide bonds. The van der Waals surface area contributed by atoms with E-state index in [2.05, 4.69) is 14.0 Å². The number of hydrogen-bond acceptors (Lipinski definition) is 3. The Morgan fingerprint density at radius 3 is 0.950 bits per heavy atom. The molecule has 0 saturated heterocycles. The summed E-state index contributed by atoms with van der Waals surface area (Å²) in [6, 6.07) is 12.6. The average Bonchev–Trinajstić information content (AvgIpc) is 2.88. The molecule has 0 spiro atoms. The molecule has 0 aromatic heterocycles. The van der Waals surface area contributed by atoms with Crippen LogP contribution in [0.5, 0.6) is 0 Å². The molecule has 3 aromatic rings. The van der Waals surface area contributed by atoms with E-state index in [1.807, 2.05) is 0 Å². The van der Waals surface area contributed by atoms with Crippen molar-refractivity contribution in [2.45, 2.75) is 57.6 Å². The Balaban J connectivity index is 2.17. The van der Waals surface area contributed by atoms with Gasteiger partial charge in [0.05, 0.1) is 0 Å². The summed E-state index contributed by atoms with van der Waals surface area (Å²) >= 11 is 0. The number of aryl methyl sites for hydroxylation is 3. The minimum Gasteiger partial charge on any atom is -0.345 e. The topological polar surface area (TPSA) is 27.7 Å². The molecule has 3 nitrogen and oxygen atoms in total. The van der Waals surface area contributed by atoms with Gasteiger partial charge in [-0.05, 0) is 20.8 Å². The summed E-state index contributed by atoms with van der Waals surface area (Å²) in [4.78, 5) is 0. The van der Waals surface area contributed by atoms with Crippen LogP contribution in [0.1, 0.15) is 33.4 Å². The van der Waals surface area contributed by atoms with Gasteiger partial charge in [0, 0.05) is 16.7 Å². The van der Waals surface area contributed by atoms with E-state index >= 15 is 13.2 Å². The molecule has 3 rings (SSSR count). The predicted molar refractivity (Wildman–Crippen MR) is 129 cm³/mol. The summed E-state index contributed by atoms with van der Waals surface area (Å²) in [7, 11) is -3.50. The highest BCUT2D eigenvalue weighted by molar-refractivity contribution is 6.36. The van der Waals surface area contributed by atoms with Gasteiger partial charge in [-0.2, -0.15) is 0 Å². The number of halogens is 9. The van der Waals surface area contributed by atoms with Gasteiger partial charge in [-0.25, -0.2) is 39.5 Å². The number of rotatable bonds is 12. The second-order valence-electron chi connectivity index (χ2n) is 9.09. The Kier molecular flexibility index (Phi) is 9.63. The third-order valence-corrected chi connectivity index (χ3v) is 5.88. The smallest absolute Gasteiger partial charge is 0.345 e. The number of benzene rings is 3. The lowest BCUT2D eigenvalue weighted by Crippen LogP contribution is -2.51. The van der Waals surface area contributed by atoms with Crippen LogP contribution < -0.4 is 0 Å². The molecule has 216 valence electrons. The highest BCUT2D eigenvalue weighted by atomic mass is 19.3. The van der Waals surface area contributed by atoms with Gasteiger partial charge < -0.3 is 14.0 Å². The van der Waals surface area contributed by atoms with E-state index in [4.69, 9.17) is 0 Å². The fraction of sp³-hybridized carbons (Fsp3) is 0.333. The molecule has 0 fully saturated rings. The molecule has 13 heteroatoms. The third-order valence-electron chi connectivity index (χ3n) is 5.88. The molecule has 3 unspecified atom stereocenters. The number of hydrogen-bond donors (Lipinski definition) is 0.